The molecule has 1 heterocycles. The van der Waals surface area contributed by atoms with Crippen molar-refractivity contribution >= 4 is 6.08 Å². The number of benzene rings is 1. The molecule has 0 atom stereocenters. The van der Waals surface area contributed by atoms with Crippen LogP contribution in [-0.2, 0) is 10.2 Å². The van der Waals surface area contributed by atoms with Crippen LogP contribution >= 0.6 is 0 Å². The maximum Gasteiger partial charge on any atom is 0.172 e. The number of aromatic hydroxyl groups is 1. The van der Waals surface area contributed by atoms with Crippen LogP contribution in [0.15, 0.2) is 46.8 Å². The topological polar surface area (TPSA) is 101 Å². The molecule has 0 aliphatic carbocycles. The van der Waals surface area contributed by atoms with E-state index in [1.807, 2.05) is 18.2 Å². The Morgan fingerprint density at radius 3 is 2.26 bits per heavy atom. The van der Waals surface area contributed by atoms with Crippen molar-refractivity contribution in [2.75, 3.05) is 0 Å². The fourth-order valence-corrected chi connectivity index (χ4v) is 2.81. The predicted octanol–water partition coefficient (Wildman–Crippen LogP) is 4.63. The molecule has 0 spiro atoms. The van der Waals surface area contributed by atoms with E-state index >= 15 is 0 Å². The molecule has 0 aromatic heterocycles. The third kappa shape index (κ3) is 3.86. The van der Waals surface area contributed by atoms with Crippen molar-refractivity contribution in [1.82, 2.24) is 0 Å². The monoisotopic (exact) mass is 359 g/mol. The summed E-state index contributed by atoms with van der Waals surface area (Å²) in [6.45, 7) is 9.77. The van der Waals surface area contributed by atoms with Gasteiger partial charge in [0.2, 0.25) is 0 Å². The highest BCUT2D eigenvalue weighted by atomic mass is 16.5. The third-order valence-corrected chi connectivity index (χ3v) is 4.39. The number of rotatable bonds is 2. The summed E-state index contributed by atoms with van der Waals surface area (Å²) >= 11 is 0. The van der Waals surface area contributed by atoms with Crippen LogP contribution < -0.4 is 0 Å². The molecular formula is C22H21N3O2. The van der Waals surface area contributed by atoms with E-state index in [-0.39, 0.29) is 28.1 Å². The van der Waals surface area contributed by atoms with E-state index < -0.39 is 5.60 Å². The molecule has 1 N–H and O–H groups in total. The van der Waals surface area contributed by atoms with Gasteiger partial charge in [-0.05, 0) is 37.0 Å². The summed E-state index contributed by atoms with van der Waals surface area (Å²) in [5.41, 5.74) is 1.18. The van der Waals surface area contributed by atoms with Crippen molar-refractivity contribution in [3.8, 4) is 24.0 Å². The third-order valence-electron chi connectivity index (χ3n) is 4.39. The van der Waals surface area contributed by atoms with E-state index in [0.717, 1.165) is 5.56 Å². The van der Waals surface area contributed by atoms with Crippen LogP contribution in [0.5, 0.6) is 5.75 Å². The molecule has 1 aliphatic heterocycles. The minimum Gasteiger partial charge on any atom is -0.507 e. The summed E-state index contributed by atoms with van der Waals surface area (Å²) in [7, 11) is 0. The second-order valence-electron chi connectivity index (χ2n) is 7.80. The number of ether oxygens (including phenoxy) is 1. The Morgan fingerprint density at radius 1 is 1.11 bits per heavy atom. The molecule has 1 aromatic carbocycles. The number of nitrogens with zero attached hydrogens (tertiary/aromatic N) is 3. The molecule has 0 fully saturated rings. The van der Waals surface area contributed by atoms with Gasteiger partial charge in [0, 0.05) is 11.1 Å². The lowest BCUT2D eigenvalue weighted by molar-refractivity contribution is 0.0954. The Hall–Kier alpha value is -3.49. The van der Waals surface area contributed by atoms with E-state index in [9.17, 15) is 10.4 Å². The normalized spacial score (nSPS) is 15.9. The zero-order chi connectivity index (χ0) is 20.4. The minimum absolute atomic E-state index is 0.000172. The molecule has 0 amide bonds. The zero-order valence-corrected chi connectivity index (χ0v) is 16.1. The summed E-state index contributed by atoms with van der Waals surface area (Å²) in [6, 6.07) is 11.0. The zero-order valence-electron chi connectivity index (χ0n) is 16.1. The Kier molecular flexibility index (Phi) is 5.16. The standard InChI is InChI=1S/C22H21N3O2/c1-21(2,3)16-7-9-19(26)14(10-16)6-8-18-17(13-25)20(15(11-23)12-24)27-22(18,4)5/h6-10,26H,1-5H3/b8-6+. The molecule has 5 nitrogen and oxygen atoms in total. The number of hydrogen-bond donors (Lipinski definition) is 1. The van der Waals surface area contributed by atoms with E-state index in [1.165, 1.54) is 0 Å². The number of phenolic OH excluding ortho intramolecular Hbond substituents is 1. The first-order valence-electron chi connectivity index (χ1n) is 8.45. The summed E-state index contributed by atoms with van der Waals surface area (Å²) in [5, 5.41) is 38.0. The molecular weight excluding hydrogens is 338 g/mol. The van der Waals surface area contributed by atoms with E-state index in [0.29, 0.717) is 11.1 Å². The van der Waals surface area contributed by atoms with Gasteiger partial charge in [-0.25, -0.2) is 0 Å². The minimum atomic E-state index is -0.882. The van der Waals surface area contributed by atoms with Crippen LogP contribution in [0.1, 0.15) is 45.7 Å². The van der Waals surface area contributed by atoms with E-state index in [1.54, 1.807) is 44.2 Å². The number of allylic oxidation sites excluding steroid dienone is 2. The van der Waals surface area contributed by atoms with Crippen molar-refractivity contribution in [2.24, 2.45) is 0 Å². The van der Waals surface area contributed by atoms with Gasteiger partial charge < -0.3 is 9.84 Å². The Bertz CT molecular complexity index is 982. The van der Waals surface area contributed by atoms with Gasteiger partial charge in [0.05, 0.1) is 0 Å². The highest BCUT2D eigenvalue weighted by Gasteiger charge is 2.38. The lowest BCUT2D eigenvalue weighted by Crippen LogP contribution is -2.20. The predicted molar refractivity (Wildman–Crippen MR) is 102 cm³/mol. The molecule has 1 aromatic rings. The van der Waals surface area contributed by atoms with Gasteiger partial charge in [-0.3, -0.25) is 0 Å². The first-order chi connectivity index (χ1) is 12.5. The second-order valence-corrected chi connectivity index (χ2v) is 7.80. The van der Waals surface area contributed by atoms with E-state index in [4.69, 9.17) is 15.3 Å². The molecule has 2 rings (SSSR count). The lowest BCUT2D eigenvalue weighted by atomic mass is 9.86. The molecule has 27 heavy (non-hydrogen) atoms. The van der Waals surface area contributed by atoms with Crippen LogP contribution in [0.4, 0.5) is 0 Å². The van der Waals surface area contributed by atoms with Crippen molar-refractivity contribution in [2.45, 2.75) is 45.6 Å². The van der Waals surface area contributed by atoms with Crippen LogP contribution in [0.2, 0.25) is 0 Å². The first kappa shape index (κ1) is 19.8. The molecule has 136 valence electrons. The van der Waals surface area contributed by atoms with Crippen LogP contribution in [0, 0.1) is 34.0 Å². The smallest absolute Gasteiger partial charge is 0.172 e. The van der Waals surface area contributed by atoms with Crippen molar-refractivity contribution < 1.29 is 9.84 Å². The fraction of sp³-hybridized carbons (Fsp3) is 0.318. The Labute approximate surface area is 159 Å². The Balaban J connectivity index is 2.60. The van der Waals surface area contributed by atoms with E-state index in [2.05, 4.69) is 20.8 Å². The SMILES string of the molecule is CC1(C)OC(=C(C#N)C#N)C(C#N)=C1/C=C/c1cc(C(C)(C)C)ccc1O. The van der Waals surface area contributed by atoms with Gasteiger partial charge in [0.25, 0.3) is 0 Å². The van der Waals surface area contributed by atoms with Crippen LogP contribution in [0.3, 0.4) is 0 Å². The Morgan fingerprint density at radius 2 is 1.74 bits per heavy atom. The largest absolute Gasteiger partial charge is 0.507 e. The van der Waals surface area contributed by atoms with Gasteiger partial charge in [0.15, 0.2) is 11.3 Å². The highest BCUT2D eigenvalue weighted by molar-refractivity contribution is 5.66. The molecule has 0 saturated carbocycles. The van der Waals surface area contributed by atoms with Crippen molar-refractivity contribution in [1.29, 1.82) is 15.8 Å². The maximum atomic E-state index is 10.2. The summed E-state index contributed by atoms with van der Waals surface area (Å²) < 4.78 is 5.73. The summed E-state index contributed by atoms with van der Waals surface area (Å²) in [4.78, 5) is 0. The number of phenols is 1. The van der Waals surface area contributed by atoms with Crippen molar-refractivity contribution in [3.63, 3.8) is 0 Å². The average Bonchev–Trinajstić information content (AvgIpc) is 2.84. The van der Waals surface area contributed by atoms with Gasteiger partial charge in [-0.2, -0.15) is 15.8 Å². The highest BCUT2D eigenvalue weighted by Crippen LogP contribution is 2.40. The number of nitriles is 3. The molecule has 1 aliphatic rings. The first-order valence-corrected chi connectivity index (χ1v) is 8.45. The van der Waals surface area contributed by atoms with Gasteiger partial charge in [-0.1, -0.05) is 39.0 Å². The average molecular weight is 359 g/mol. The summed E-state index contributed by atoms with van der Waals surface area (Å²) in [6.07, 6.45) is 3.41. The summed E-state index contributed by atoms with van der Waals surface area (Å²) in [5.74, 6) is 0.125. The van der Waals surface area contributed by atoms with Crippen LogP contribution in [0.25, 0.3) is 6.08 Å². The van der Waals surface area contributed by atoms with Gasteiger partial charge >= 0.3 is 0 Å². The maximum absolute atomic E-state index is 10.2. The molecule has 0 radical (unpaired) electrons. The van der Waals surface area contributed by atoms with Crippen molar-refractivity contribution in [3.05, 3.63) is 57.9 Å². The fourth-order valence-electron chi connectivity index (χ4n) is 2.81. The second kappa shape index (κ2) is 7.02. The molecule has 0 saturated heterocycles. The van der Waals surface area contributed by atoms with Gasteiger partial charge in [0.1, 0.15) is 35.1 Å². The lowest BCUT2D eigenvalue weighted by Gasteiger charge is -2.21. The molecule has 0 bridgehead atoms. The molecule has 0 unspecified atom stereocenters. The van der Waals surface area contributed by atoms with Crippen LogP contribution in [-0.4, -0.2) is 10.7 Å². The van der Waals surface area contributed by atoms with Gasteiger partial charge in [-0.15, -0.1) is 0 Å². The quantitative estimate of drug-likeness (QED) is 0.776. The molecule has 5 heteroatoms. The number of hydrogen-bond acceptors (Lipinski definition) is 5.